The number of amides is 4. The standard InChI is InChI=1S/C39H50F3N5O9S/c1-6-54-30-20-43-33(28-14-10-9-13-27(28)30)56-26-18-29-32(48)45-38(35(50)46-57(52,53)37(5)15-16-37)19-25(38)12-8-7-11-22(2)17-23(3)31(34(49)47(29)21-26)44-36(51)55-24(4)39(40,41)42/h8-10,12-14,20,22-26,29,31H,6-7,11,15-19,21H2,1-5H3,(H,44,51)(H,45,48)(H,46,50)/b12-8-/t22-,23-,24-,25+,26-,29+,31+,38-/m1/s1. The van der Waals surface area contributed by atoms with Gasteiger partial charge in [-0.2, -0.15) is 13.2 Å². The third kappa shape index (κ3) is 8.94. The van der Waals surface area contributed by atoms with Crippen molar-refractivity contribution in [1.82, 2.24) is 25.2 Å². The molecule has 2 aliphatic carbocycles. The molecule has 2 aliphatic heterocycles. The molecule has 6 rings (SSSR count). The monoisotopic (exact) mass is 821 g/mol. The van der Waals surface area contributed by atoms with Crippen molar-refractivity contribution in [2.24, 2.45) is 17.8 Å². The number of carbonyl (C=O) groups is 4. The van der Waals surface area contributed by atoms with E-state index in [1.165, 1.54) is 18.0 Å². The van der Waals surface area contributed by atoms with Crippen LogP contribution in [0.3, 0.4) is 0 Å². The zero-order chi connectivity index (χ0) is 41.5. The van der Waals surface area contributed by atoms with E-state index in [1.54, 1.807) is 25.1 Å². The number of aromatic nitrogens is 1. The summed E-state index contributed by atoms with van der Waals surface area (Å²) >= 11 is 0. The maximum absolute atomic E-state index is 14.7. The minimum atomic E-state index is -4.85. The van der Waals surface area contributed by atoms with Gasteiger partial charge in [-0.05, 0) is 77.2 Å². The van der Waals surface area contributed by atoms with Crippen molar-refractivity contribution in [3.63, 3.8) is 0 Å². The Morgan fingerprint density at radius 1 is 1.12 bits per heavy atom. The first-order valence-corrected chi connectivity index (χ1v) is 20.8. The van der Waals surface area contributed by atoms with E-state index in [-0.39, 0.29) is 31.2 Å². The number of ether oxygens (including phenoxy) is 3. The number of halogens is 3. The molecule has 3 heterocycles. The number of rotatable bonds is 9. The molecule has 57 heavy (non-hydrogen) atoms. The SMILES string of the molecule is CCOc1cnc(O[C@@H]2C[C@H]3C(=O)N[C@]4(C(=O)NS(=O)(=O)C5(C)CC5)C[C@@H]4/C=C\CC[C@@H](C)C[C@@H](C)[C@H](NC(=O)O[C@H](C)C(F)(F)F)C(=O)N3C2)c2ccccc12. The summed E-state index contributed by atoms with van der Waals surface area (Å²) in [6.45, 7) is 7.85. The van der Waals surface area contributed by atoms with Gasteiger partial charge in [-0.15, -0.1) is 0 Å². The number of sulfonamides is 1. The van der Waals surface area contributed by atoms with Crippen LogP contribution in [0.5, 0.6) is 11.6 Å². The molecular formula is C39H50F3N5O9S. The lowest BCUT2D eigenvalue weighted by atomic mass is 9.88. The molecule has 8 atom stereocenters. The molecule has 0 bridgehead atoms. The van der Waals surface area contributed by atoms with Crippen molar-refractivity contribution >= 4 is 44.6 Å². The molecular weight excluding hydrogens is 772 g/mol. The van der Waals surface area contributed by atoms with Crippen LogP contribution in [0.15, 0.2) is 42.6 Å². The molecule has 3 fully saturated rings. The van der Waals surface area contributed by atoms with E-state index < -0.39 is 86.4 Å². The molecule has 312 valence electrons. The highest BCUT2D eigenvalue weighted by molar-refractivity contribution is 7.91. The molecule has 2 saturated carbocycles. The predicted molar refractivity (Wildman–Crippen MR) is 201 cm³/mol. The highest BCUT2D eigenvalue weighted by atomic mass is 32.2. The van der Waals surface area contributed by atoms with Gasteiger partial charge in [0.05, 0.1) is 24.1 Å². The lowest BCUT2D eigenvalue weighted by Gasteiger charge is -2.33. The van der Waals surface area contributed by atoms with Gasteiger partial charge in [0.25, 0.3) is 5.91 Å². The number of allylic oxidation sites excluding steroid dienone is 1. The van der Waals surface area contributed by atoms with E-state index in [9.17, 15) is 40.8 Å². The van der Waals surface area contributed by atoms with E-state index >= 15 is 0 Å². The number of hydrogen-bond donors (Lipinski definition) is 3. The zero-order valence-corrected chi connectivity index (χ0v) is 33.4. The Labute approximate surface area is 329 Å². The summed E-state index contributed by atoms with van der Waals surface area (Å²) in [5, 5.41) is 6.46. The Morgan fingerprint density at radius 2 is 1.82 bits per heavy atom. The number of pyridine rings is 1. The Morgan fingerprint density at radius 3 is 2.49 bits per heavy atom. The van der Waals surface area contributed by atoms with E-state index in [1.807, 2.05) is 32.1 Å². The van der Waals surface area contributed by atoms with Gasteiger partial charge in [0.1, 0.15) is 29.5 Å². The number of nitrogens with zero attached hydrogens (tertiary/aromatic N) is 2. The highest BCUT2D eigenvalue weighted by Crippen LogP contribution is 2.47. The number of hydrogen-bond acceptors (Lipinski definition) is 10. The van der Waals surface area contributed by atoms with Crippen LogP contribution in [0.1, 0.15) is 79.6 Å². The molecule has 0 spiro atoms. The summed E-state index contributed by atoms with van der Waals surface area (Å²) in [7, 11) is -4.07. The van der Waals surface area contributed by atoms with E-state index in [0.29, 0.717) is 62.2 Å². The first-order chi connectivity index (χ1) is 26.8. The first-order valence-electron chi connectivity index (χ1n) is 19.4. The van der Waals surface area contributed by atoms with Gasteiger partial charge in [0.15, 0.2) is 6.10 Å². The van der Waals surface area contributed by atoms with Gasteiger partial charge < -0.3 is 29.7 Å². The minimum absolute atomic E-state index is 0.0297. The second-order valence-electron chi connectivity index (χ2n) is 16.1. The van der Waals surface area contributed by atoms with Crippen LogP contribution in [-0.2, 0) is 29.1 Å². The van der Waals surface area contributed by atoms with Gasteiger partial charge in [-0.3, -0.25) is 19.1 Å². The molecule has 3 N–H and O–H groups in total. The molecule has 0 unspecified atom stereocenters. The lowest BCUT2D eigenvalue weighted by Crippen LogP contribution is -2.59. The number of alkyl carbamates (subject to hydrolysis) is 1. The summed E-state index contributed by atoms with van der Waals surface area (Å²) in [4.78, 5) is 61.6. The van der Waals surface area contributed by atoms with Crippen LogP contribution in [0.25, 0.3) is 10.8 Å². The normalized spacial score (nSPS) is 30.0. The molecule has 1 aromatic carbocycles. The van der Waals surface area contributed by atoms with Crippen molar-refractivity contribution < 1.29 is 55.0 Å². The van der Waals surface area contributed by atoms with Crippen molar-refractivity contribution in [3.8, 4) is 11.6 Å². The Kier molecular flexibility index (Phi) is 11.8. The van der Waals surface area contributed by atoms with E-state index in [0.717, 1.165) is 0 Å². The van der Waals surface area contributed by atoms with Crippen molar-refractivity contribution in [1.29, 1.82) is 0 Å². The van der Waals surface area contributed by atoms with Crippen LogP contribution < -0.4 is 24.8 Å². The van der Waals surface area contributed by atoms with Crippen LogP contribution in [0.4, 0.5) is 18.0 Å². The van der Waals surface area contributed by atoms with E-state index in [2.05, 4.69) is 25.1 Å². The Balaban J connectivity index is 1.35. The quantitative estimate of drug-likeness (QED) is 0.294. The minimum Gasteiger partial charge on any atom is -0.492 e. The zero-order valence-electron chi connectivity index (χ0n) is 32.6. The maximum Gasteiger partial charge on any atom is 0.425 e. The van der Waals surface area contributed by atoms with E-state index in [4.69, 9.17) is 9.47 Å². The third-order valence-electron chi connectivity index (χ3n) is 11.6. The van der Waals surface area contributed by atoms with Crippen LogP contribution >= 0.6 is 0 Å². The number of alkyl halides is 3. The molecule has 1 saturated heterocycles. The molecule has 4 amide bonds. The highest BCUT2D eigenvalue weighted by Gasteiger charge is 2.63. The van der Waals surface area contributed by atoms with Crippen LogP contribution in [0.2, 0.25) is 0 Å². The second kappa shape index (κ2) is 16.0. The van der Waals surface area contributed by atoms with Gasteiger partial charge >= 0.3 is 12.3 Å². The molecule has 0 radical (unpaired) electrons. The Bertz CT molecular complexity index is 2030. The molecule has 14 nitrogen and oxygen atoms in total. The number of fused-ring (bicyclic) bond motifs is 3. The second-order valence-corrected chi connectivity index (χ2v) is 18.3. The fourth-order valence-electron chi connectivity index (χ4n) is 7.65. The fourth-order valence-corrected chi connectivity index (χ4v) is 8.96. The number of nitrogens with one attached hydrogen (secondary N) is 3. The summed E-state index contributed by atoms with van der Waals surface area (Å²) in [6, 6.07) is 4.48. The molecule has 18 heteroatoms. The van der Waals surface area contributed by atoms with Gasteiger partial charge in [-0.25, -0.2) is 18.2 Å². The molecule has 1 aromatic heterocycles. The van der Waals surface area contributed by atoms with Crippen molar-refractivity contribution in [2.75, 3.05) is 13.2 Å². The summed E-state index contributed by atoms with van der Waals surface area (Å²) < 4.78 is 84.2. The van der Waals surface area contributed by atoms with Gasteiger partial charge in [-0.1, -0.05) is 44.2 Å². The average Bonchev–Trinajstić information content (AvgIpc) is 4.02. The van der Waals surface area contributed by atoms with Crippen LogP contribution in [-0.4, -0.2) is 96.0 Å². The summed E-state index contributed by atoms with van der Waals surface area (Å²) in [5.74, 6) is -2.92. The number of benzene rings is 1. The molecule has 2 aromatic rings. The topological polar surface area (TPSA) is 182 Å². The van der Waals surface area contributed by atoms with Crippen molar-refractivity contribution in [2.45, 2.75) is 120 Å². The number of carbonyl (C=O) groups excluding carboxylic acids is 4. The lowest BCUT2D eigenvalue weighted by molar-refractivity contribution is -0.197. The summed E-state index contributed by atoms with van der Waals surface area (Å²) in [5.41, 5.74) is -1.64. The third-order valence-corrected chi connectivity index (χ3v) is 13.7. The summed E-state index contributed by atoms with van der Waals surface area (Å²) in [6.07, 6.45) is -2.18. The Hall–Kier alpha value is -4.61. The first kappa shape index (κ1) is 42.0. The predicted octanol–water partition coefficient (Wildman–Crippen LogP) is 4.91. The largest absolute Gasteiger partial charge is 0.492 e. The maximum atomic E-state index is 14.7. The fraction of sp³-hybridized carbons (Fsp3) is 0.615. The van der Waals surface area contributed by atoms with Crippen LogP contribution in [0, 0.1) is 17.8 Å². The van der Waals surface area contributed by atoms with Crippen molar-refractivity contribution in [3.05, 3.63) is 42.6 Å². The van der Waals surface area contributed by atoms with Gasteiger partial charge in [0.2, 0.25) is 27.7 Å². The van der Waals surface area contributed by atoms with Gasteiger partial charge in [0, 0.05) is 23.1 Å². The average molecular weight is 822 g/mol. The molecule has 4 aliphatic rings. The smallest absolute Gasteiger partial charge is 0.425 e.